The molecule has 3 aromatic rings. The number of carbonyl (C=O) groups is 1. The van der Waals surface area contributed by atoms with Gasteiger partial charge in [-0.25, -0.2) is 14.9 Å². The van der Waals surface area contributed by atoms with Crippen molar-refractivity contribution in [2.24, 2.45) is 0 Å². The summed E-state index contributed by atoms with van der Waals surface area (Å²) in [6.45, 7) is 9.67. The summed E-state index contributed by atoms with van der Waals surface area (Å²) in [4.78, 5) is 16.6. The maximum Gasteiger partial charge on any atom is 0.344 e. The number of benzene rings is 3. The van der Waals surface area contributed by atoms with E-state index in [9.17, 15) is 10.1 Å². The van der Waals surface area contributed by atoms with Gasteiger partial charge in [0.05, 0.1) is 18.2 Å². The number of aryl methyl sites for hydroxylation is 1. The van der Waals surface area contributed by atoms with Crippen molar-refractivity contribution in [2.75, 3.05) is 0 Å². The third kappa shape index (κ3) is 5.18. The molecule has 1 aliphatic carbocycles. The Morgan fingerprint density at radius 1 is 0.886 bits per heavy atom. The molecule has 35 heavy (non-hydrogen) atoms. The molecule has 0 bridgehead atoms. The minimum atomic E-state index is -0.456. The summed E-state index contributed by atoms with van der Waals surface area (Å²) in [6.07, 6.45) is 8.62. The van der Waals surface area contributed by atoms with Gasteiger partial charge in [-0.1, -0.05) is 87.6 Å². The van der Waals surface area contributed by atoms with Gasteiger partial charge in [-0.15, -0.1) is 0 Å². The van der Waals surface area contributed by atoms with Crippen molar-refractivity contribution in [3.8, 4) is 22.9 Å². The van der Waals surface area contributed by atoms with E-state index < -0.39 is 5.97 Å². The van der Waals surface area contributed by atoms with E-state index >= 15 is 0 Å². The van der Waals surface area contributed by atoms with Crippen molar-refractivity contribution < 1.29 is 9.53 Å². The molecule has 174 valence electrons. The molecule has 0 N–H and O–H groups in total. The van der Waals surface area contributed by atoms with Crippen LogP contribution < -0.4 is 4.74 Å². The Balaban J connectivity index is 1.53. The molecule has 0 saturated carbocycles. The zero-order chi connectivity index (χ0) is 24.6. The van der Waals surface area contributed by atoms with Crippen LogP contribution >= 0.6 is 0 Å². The van der Waals surface area contributed by atoms with Crippen molar-refractivity contribution in [1.29, 1.82) is 5.26 Å². The molecule has 0 heterocycles. The van der Waals surface area contributed by atoms with Gasteiger partial charge < -0.3 is 4.74 Å². The zero-order valence-electron chi connectivity index (χ0n) is 20.0. The number of hydrogen-bond donors (Lipinski definition) is 0. The lowest BCUT2D eigenvalue weighted by molar-refractivity contribution is 0.0735. The van der Waals surface area contributed by atoms with Crippen LogP contribution in [0.25, 0.3) is 21.5 Å². The molecule has 4 heteroatoms. The Kier molecular flexibility index (Phi) is 7.76. The standard InChI is InChI=1S/C31H28N2O2/c1-3-4-5-6-7-8-12-22-17-19-23(20-18-22)35-31(34)27-16-11-15-26-29(27)24-13-9-10-14-25(24)30(26)28(21-32)33-2/h9-11,13-20H,3-8,12H2,1H3/b30-28+. The highest BCUT2D eigenvalue weighted by Gasteiger charge is 2.30. The lowest BCUT2D eigenvalue weighted by Gasteiger charge is -2.10. The average molecular weight is 461 g/mol. The van der Waals surface area contributed by atoms with Crippen molar-refractivity contribution in [1.82, 2.24) is 0 Å². The minimum Gasteiger partial charge on any atom is -0.423 e. The van der Waals surface area contributed by atoms with Crippen LogP contribution in [0.4, 0.5) is 0 Å². The summed E-state index contributed by atoms with van der Waals surface area (Å²) in [5, 5.41) is 9.52. The van der Waals surface area contributed by atoms with Crippen LogP contribution in [-0.2, 0) is 6.42 Å². The van der Waals surface area contributed by atoms with E-state index in [0.29, 0.717) is 28.0 Å². The van der Waals surface area contributed by atoms with Gasteiger partial charge in [-0.3, -0.25) is 0 Å². The second kappa shape index (κ2) is 11.3. The van der Waals surface area contributed by atoms with E-state index in [1.165, 1.54) is 44.1 Å². The van der Waals surface area contributed by atoms with Crippen LogP contribution in [0.3, 0.4) is 0 Å². The van der Waals surface area contributed by atoms with E-state index in [0.717, 1.165) is 17.5 Å². The van der Waals surface area contributed by atoms with Gasteiger partial charge in [0.1, 0.15) is 5.75 Å². The highest BCUT2D eigenvalue weighted by molar-refractivity contribution is 6.10. The first-order chi connectivity index (χ1) is 17.2. The summed E-state index contributed by atoms with van der Waals surface area (Å²) in [5.41, 5.74) is 5.28. The maximum absolute atomic E-state index is 13.2. The third-order valence-electron chi connectivity index (χ3n) is 6.43. The van der Waals surface area contributed by atoms with Crippen LogP contribution in [0, 0.1) is 17.9 Å². The lowest BCUT2D eigenvalue weighted by Crippen LogP contribution is -2.10. The van der Waals surface area contributed by atoms with E-state index in [2.05, 4.69) is 11.8 Å². The SMILES string of the molecule is [C-]#[N+]/C(C#N)=C1\c2ccccc2-c2c(C(=O)Oc3ccc(CCCCCCCC)cc3)cccc21. The molecular formula is C31H28N2O2. The predicted octanol–water partition coefficient (Wildman–Crippen LogP) is 7.99. The van der Waals surface area contributed by atoms with Crippen molar-refractivity contribution in [3.63, 3.8) is 0 Å². The number of nitrogens with zero attached hydrogens (tertiary/aromatic N) is 2. The number of carbonyl (C=O) groups excluding carboxylic acids is 1. The molecule has 0 atom stereocenters. The molecule has 0 amide bonds. The molecule has 0 saturated heterocycles. The molecule has 0 aromatic heterocycles. The summed E-state index contributed by atoms with van der Waals surface area (Å²) < 4.78 is 5.73. The Morgan fingerprint density at radius 2 is 1.57 bits per heavy atom. The summed E-state index contributed by atoms with van der Waals surface area (Å²) >= 11 is 0. The van der Waals surface area contributed by atoms with E-state index in [4.69, 9.17) is 11.3 Å². The van der Waals surface area contributed by atoms with Gasteiger partial charge in [0.25, 0.3) is 5.70 Å². The molecule has 3 aromatic carbocycles. The smallest absolute Gasteiger partial charge is 0.344 e. The summed E-state index contributed by atoms with van der Waals surface area (Å²) in [6, 6.07) is 22.6. The Labute approximate surface area is 207 Å². The van der Waals surface area contributed by atoms with Crippen molar-refractivity contribution >= 4 is 11.5 Å². The van der Waals surface area contributed by atoms with Crippen molar-refractivity contribution in [3.05, 3.63) is 106 Å². The van der Waals surface area contributed by atoms with Crippen LogP contribution in [0.1, 0.15) is 72.5 Å². The predicted molar refractivity (Wildman–Crippen MR) is 139 cm³/mol. The first-order valence-corrected chi connectivity index (χ1v) is 12.2. The molecule has 1 aliphatic rings. The second-order valence-electron chi connectivity index (χ2n) is 8.77. The van der Waals surface area contributed by atoms with Crippen molar-refractivity contribution in [2.45, 2.75) is 51.9 Å². The van der Waals surface area contributed by atoms with Crippen LogP contribution in [0.15, 0.2) is 72.4 Å². The first-order valence-electron chi connectivity index (χ1n) is 12.2. The first kappa shape index (κ1) is 24.0. The van der Waals surface area contributed by atoms with Crippen LogP contribution in [0.5, 0.6) is 5.75 Å². The fourth-order valence-electron chi connectivity index (χ4n) is 4.67. The van der Waals surface area contributed by atoms with Crippen LogP contribution in [-0.4, -0.2) is 5.97 Å². The normalized spacial score (nSPS) is 12.8. The molecule has 0 spiro atoms. The summed E-state index contributed by atoms with van der Waals surface area (Å²) in [7, 11) is 0. The zero-order valence-corrected chi connectivity index (χ0v) is 20.0. The highest BCUT2D eigenvalue weighted by Crippen LogP contribution is 2.47. The minimum absolute atomic E-state index is 0.0164. The van der Waals surface area contributed by atoms with Gasteiger partial charge >= 0.3 is 5.97 Å². The number of nitriles is 1. The van der Waals surface area contributed by atoms with E-state index in [1.54, 1.807) is 12.1 Å². The highest BCUT2D eigenvalue weighted by atomic mass is 16.5. The number of ether oxygens (including phenoxy) is 1. The number of esters is 1. The number of hydrogen-bond acceptors (Lipinski definition) is 3. The second-order valence-corrected chi connectivity index (χ2v) is 8.77. The number of fused-ring (bicyclic) bond motifs is 3. The Bertz CT molecular complexity index is 1320. The quantitative estimate of drug-likeness (QED) is 0.0836. The van der Waals surface area contributed by atoms with Gasteiger partial charge in [-0.05, 0) is 53.3 Å². The summed E-state index contributed by atoms with van der Waals surface area (Å²) in [5.74, 6) is 0.0446. The number of unbranched alkanes of at least 4 members (excludes halogenated alkanes) is 5. The topological polar surface area (TPSA) is 54.5 Å². The molecule has 0 fully saturated rings. The van der Waals surface area contributed by atoms with E-state index in [1.807, 2.05) is 60.7 Å². The number of allylic oxidation sites excluding steroid dienone is 1. The molecule has 0 radical (unpaired) electrons. The average Bonchev–Trinajstić information content (AvgIpc) is 3.22. The molecule has 0 unspecified atom stereocenters. The molecule has 0 aliphatic heterocycles. The van der Waals surface area contributed by atoms with Gasteiger partial charge in [-0.2, -0.15) is 0 Å². The fourth-order valence-corrected chi connectivity index (χ4v) is 4.67. The number of rotatable bonds is 9. The molecule has 4 rings (SSSR count). The Morgan fingerprint density at radius 3 is 2.29 bits per heavy atom. The van der Waals surface area contributed by atoms with Crippen LogP contribution in [0.2, 0.25) is 0 Å². The monoisotopic (exact) mass is 460 g/mol. The lowest BCUT2D eigenvalue weighted by atomic mass is 9.98. The molecule has 4 nitrogen and oxygen atoms in total. The fraction of sp³-hybridized carbons (Fsp3) is 0.258. The maximum atomic E-state index is 13.2. The molecular weight excluding hydrogens is 432 g/mol. The van der Waals surface area contributed by atoms with E-state index in [-0.39, 0.29) is 5.70 Å². The Hall–Kier alpha value is -4.15. The largest absolute Gasteiger partial charge is 0.423 e. The van der Waals surface area contributed by atoms with Gasteiger partial charge in [0.15, 0.2) is 0 Å². The van der Waals surface area contributed by atoms with Gasteiger partial charge in [0.2, 0.25) is 0 Å². The van der Waals surface area contributed by atoms with Gasteiger partial charge in [0, 0.05) is 11.1 Å². The third-order valence-corrected chi connectivity index (χ3v) is 6.43.